The highest BCUT2D eigenvalue weighted by atomic mass is 16.5. The molecule has 7 nitrogen and oxygen atoms in total. The first-order chi connectivity index (χ1) is 15.9. The van der Waals surface area contributed by atoms with Crippen LogP contribution in [0, 0.1) is 5.92 Å². The highest BCUT2D eigenvalue weighted by molar-refractivity contribution is 5.94. The molecule has 3 N–H and O–H groups in total. The summed E-state index contributed by atoms with van der Waals surface area (Å²) in [5.74, 6) is 0.646. The minimum Gasteiger partial charge on any atom is -0.491 e. The van der Waals surface area contributed by atoms with Crippen LogP contribution in [0.15, 0.2) is 42.5 Å². The van der Waals surface area contributed by atoms with E-state index in [-0.39, 0.29) is 18.9 Å². The predicted octanol–water partition coefficient (Wildman–Crippen LogP) is 2.75. The van der Waals surface area contributed by atoms with E-state index in [0.717, 1.165) is 30.9 Å². The fourth-order valence-electron chi connectivity index (χ4n) is 3.97. The van der Waals surface area contributed by atoms with Crippen molar-refractivity contribution in [3.8, 4) is 5.75 Å². The highest BCUT2D eigenvalue weighted by Crippen LogP contribution is 2.24. The number of nitrogens with one attached hydrogen (secondary N) is 1. The van der Waals surface area contributed by atoms with Crippen molar-refractivity contribution in [2.24, 2.45) is 11.7 Å². The Labute approximate surface area is 196 Å². The van der Waals surface area contributed by atoms with Crippen LogP contribution in [0.5, 0.6) is 5.75 Å². The number of hydrogen-bond acceptors (Lipinski definition) is 5. The van der Waals surface area contributed by atoms with Gasteiger partial charge in [0.05, 0.1) is 13.2 Å². The minimum atomic E-state index is -0.443. The van der Waals surface area contributed by atoms with Gasteiger partial charge in [-0.2, -0.15) is 0 Å². The molecule has 0 aromatic heterocycles. The minimum absolute atomic E-state index is 0.112. The van der Waals surface area contributed by atoms with Gasteiger partial charge in [0.2, 0.25) is 5.91 Å². The Morgan fingerprint density at radius 1 is 1.09 bits per heavy atom. The van der Waals surface area contributed by atoms with Gasteiger partial charge in [-0.3, -0.25) is 14.5 Å². The molecule has 1 aliphatic rings. The van der Waals surface area contributed by atoms with Gasteiger partial charge in [-0.25, -0.2) is 0 Å². The maximum absolute atomic E-state index is 12.5. The molecule has 2 amide bonds. The smallest absolute Gasteiger partial charge is 0.251 e. The second-order valence-electron chi connectivity index (χ2n) is 8.88. The normalized spacial score (nSPS) is 15.2. The van der Waals surface area contributed by atoms with Gasteiger partial charge in [-0.1, -0.05) is 38.1 Å². The lowest BCUT2D eigenvalue weighted by Crippen LogP contribution is -2.31. The van der Waals surface area contributed by atoms with E-state index < -0.39 is 5.91 Å². The number of benzene rings is 2. The van der Waals surface area contributed by atoms with Crippen LogP contribution >= 0.6 is 0 Å². The lowest BCUT2D eigenvalue weighted by molar-refractivity contribution is -0.117. The SMILES string of the molecule is CC(C)CN1CCOCCOc2ccc(C(=O)NCCC(N)=O)cc2Cc2cccc(c2)C1. The Bertz CT molecular complexity index is 945. The second kappa shape index (κ2) is 12.4. The molecule has 7 heteroatoms. The fraction of sp³-hybridized carbons (Fsp3) is 0.462. The Hall–Kier alpha value is -2.90. The summed E-state index contributed by atoms with van der Waals surface area (Å²) >= 11 is 0. The number of ether oxygens (including phenoxy) is 2. The molecule has 2 aromatic rings. The molecule has 0 spiro atoms. The molecular formula is C26H35N3O4. The van der Waals surface area contributed by atoms with Gasteiger partial charge in [0.1, 0.15) is 12.4 Å². The van der Waals surface area contributed by atoms with Crippen LogP contribution in [0.2, 0.25) is 0 Å². The summed E-state index contributed by atoms with van der Waals surface area (Å²) in [6.45, 7) is 9.07. The molecule has 2 aromatic carbocycles. The fourth-order valence-corrected chi connectivity index (χ4v) is 3.97. The van der Waals surface area contributed by atoms with E-state index in [9.17, 15) is 9.59 Å². The molecule has 2 bridgehead atoms. The number of carbonyl (C=O) groups excluding carboxylic acids is 2. The summed E-state index contributed by atoms with van der Waals surface area (Å²) in [7, 11) is 0. The van der Waals surface area contributed by atoms with Gasteiger partial charge in [-0.05, 0) is 40.8 Å². The van der Waals surface area contributed by atoms with Crippen molar-refractivity contribution in [1.29, 1.82) is 0 Å². The molecule has 0 aliphatic carbocycles. The van der Waals surface area contributed by atoms with E-state index in [1.165, 1.54) is 11.1 Å². The van der Waals surface area contributed by atoms with Crippen LogP contribution < -0.4 is 15.8 Å². The molecule has 0 fully saturated rings. The van der Waals surface area contributed by atoms with Crippen LogP contribution in [-0.4, -0.2) is 56.2 Å². The van der Waals surface area contributed by atoms with E-state index in [1.807, 2.05) is 12.1 Å². The summed E-state index contributed by atoms with van der Waals surface area (Å²) in [4.78, 5) is 25.9. The molecule has 1 aliphatic heterocycles. The topological polar surface area (TPSA) is 93.9 Å². The third-order valence-electron chi connectivity index (χ3n) is 5.43. The Morgan fingerprint density at radius 3 is 2.70 bits per heavy atom. The molecule has 0 radical (unpaired) electrons. The van der Waals surface area contributed by atoms with E-state index in [2.05, 4.69) is 48.3 Å². The number of fused-ring (bicyclic) bond motifs is 3. The first-order valence-corrected chi connectivity index (χ1v) is 11.6. The largest absolute Gasteiger partial charge is 0.491 e. The molecule has 0 unspecified atom stereocenters. The number of primary amides is 1. The average molecular weight is 454 g/mol. The quantitative estimate of drug-likeness (QED) is 0.702. The zero-order chi connectivity index (χ0) is 23.6. The molecule has 33 heavy (non-hydrogen) atoms. The predicted molar refractivity (Wildman–Crippen MR) is 128 cm³/mol. The number of nitrogens with zero attached hydrogens (tertiary/aromatic N) is 1. The number of carbonyl (C=O) groups is 2. The molecular weight excluding hydrogens is 418 g/mol. The third kappa shape index (κ3) is 8.18. The van der Waals surface area contributed by atoms with Crippen LogP contribution in [0.3, 0.4) is 0 Å². The van der Waals surface area contributed by atoms with Gasteiger partial charge in [-0.15, -0.1) is 0 Å². The van der Waals surface area contributed by atoms with Crippen molar-refractivity contribution in [3.05, 3.63) is 64.7 Å². The summed E-state index contributed by atoms with van der Waals surface area (Å²) in [6, 6.07) is 14.0. The summed E-state index contributed by atoms with van der Waals surface area (Å²) in [6.07, 6.45) is 0.761. The van der Waals surface area contributed by atoms with Crippen molar-refractivity contribution in [1.82, 2.24) is 10.2 Å². The van der Waals surface area contributed by atoms with Crippen LogP contribution in [0.25, 0.3) is 0 Å². The zero-order valence-electron chi connectivity index (χ0n) is 19.6. The second-order valence-corrected chi connectivity index (χ2v) is 8.88. The molecule has 178 valence electrons. The maximum atomic E-state index is 12.5. The van der Waals surface area contributed by atoms with Crippen molar-refractivity contribution in [2.75, 3.05) is 39.5 Å². The molecule has 0 saturated heterocycles. The summed E-state index contributed by atoms with van der Waals surface area (Å²) < 4.78 is 11.8. The van der Waals surface area contributed by atoms with E-state index in [4.69, 9.17) is 15.2 Å². The highest BCUT2D eigenvalue weighted by Gasteiger charge is 2.14. The van der Waals surface area contributed by atoms with Crippen molar-refractivity contribution in [2.45, 2.75) is 33.2 Å². The van der Waals surface area contributed by atoms with Gasteiger partial charge >= 0.3 is 0 Å². The number of rotatable bonds is 6. The third-order valence-corrected chi connectivity index (χ3v) is 5.43. The molecule has 0 saturated carbocycles. The first-order valence-electron chi connectivity index (χ1n) is 11.6. The summed E-state index contributed by atoms with van der Waals surface area (Å²) in [5, 5.41) is 2.74. The maximum Gasteiger partial charge on any atom is 0.251 e. The van der Waals surface area contributed by atoms with E-state index in [0.29, 0.717) is 37.7 Å². The van der Waals surface area contributed by atoms with Crippen LogP contribution in [0.1, 0.15) is 47.3 Å². The van der Waals surface area contributed by atoms with E-state index in [1.54, 1.807) is 6.07 Å². The Kier molecular flexibility index (Phi) is 9.27. The lowest BCUT2D eigenvalue weighted by atomic mass is 9.99. The van der Waals surface area contributed by atoms with Gasteiger partial charge in [0, 0.05) is 44.6 Å². The monoisotopic (exact) mass is 453 g/mol. The number of nitrogens with two attached hydrogens (primary N) is 1. The van der Waals surface area contributed by atoms with Crippen LogP contribution in [-0.2, 0) is 22.5 Å². The van der Waals surface area contributed by atoms with Gasteiger partial charge in [0.15, 0.2) is 0 Å². The van der Waals surface area contributed by atoms with Crippen molar-refractivity contribution < 1.29 is 19.1 Å². The van der Waals surface area contributed by atoms with E-state index >= 15 is 0 Å². The molecule has 0 atom stereocenters. The number of amides is 2. The summed E-state index contributed by atoms with van der Waals surface area (Å²) in [5.41, 5.74) is 9.04. The standard InChI is InChI=1S/C26H35N3O4/c1-19(2)17-29-10-11-32-12-13-33-24-7-6-22(26(31)28-9-8-25(27)30)16-23(24)15-20-4-3-5-21(14-20)18-29/h3-7,14,16,19H,8-13,15,17-18H2,1-2H3,(H2,27,30)(H,28,31). The lowest BCUT2D eigenvalue weighted by Gasteiger charge is -2.25. The average Bonchev–Trinajstić information content (AvgIpc) is 2.75. The van der Waals surface area contributed by atoms with Gasteiger partial charge < -0.3 is 20.5 Å². The van der Waals surface area contributed by atoms with Crippen molar-refractivity contribution in [3.63, 3.8) is 0 Å². The molecule has 3 rings (SSSR count). The number of hydrogen-bond donors (Lipinski definition) is 2. The zero-order valence-corrected chi connectivity index (χ0v) is 19.6. The van der Waals surface area contributed by atoms with Gasteiger partial charge in [0.25, 0.3) is 5.91 Å². The first kappa shape index (κ1) is 24.7. The Balaban J connectivity index is 1.83. The van der Waals surface area contributed by atoms with Crippen molar-refractivity contribution >= 4 is 11.8 Å². The Morgan fingerprint density at radius 2 is 1.91 bits per heavy atom. The van der Waals surface area contributed by atoms with Crippen LogP contribution in [0.4, 0.5) is 0 Å². The molecule has 1 heterocycles.